The molecule has 0 aromatic heterocycles. The molecule has 0 aliphatic carbocycles. The second-order valence-corrected chi connectivity index (χ2v) is 3.76. The molecular weight excluding hydrogens is 281 g/mol. The number of aliphatic hydroxyl groups excluding tert-OH is 1. The smallest absolute Gasteiger partial charge is 0.387 e. The molecule has 1 aromatic rings. The van der Waals surface area contributed by atoms with Crippen LogP contribution in [0.1, 0.15) is 11.7 Å². The number of hydrogen-bond acceptors (Lipinski definition) is 3. The quantitative estimate of drug-likeness (QED) is 0.893. The lowest BCUT2D eigenvalue weighted by atomic mass is 10.1. The molecule has 0 spiro atoms. The SMILES string of the molecule is O=C(O)[C@@H](O)c1c(Cl)cc(Cl)cc1OC(F)F. The maximum atomic E-state index is 12.1. The first-order chi connectivity index (χ1) is 7.82. The van der Waals surface area contributed by atoms with E-state index in [0.717, 1.165) is 12.1 Å². The molecule has 4 nitrogen and oxygen atoms in total. The monoisotopic (exact) mass is 286 g/mol. The van der Waals surface area contributed by atoms with E-state index in [9.17, 15) is 18.7 Å². The standard InChI is InChI=1S/C9H6Cl2F2O4/c10-3-1-4(11)6(7(14)8(15)16)5(2-3)17-9(12)13/h1-2,7,9,14H,(H,15,16)/t7-/m0/s1. The molecule has 0 saturated heterocycles. The summed E-state index contributed by atoms with van der Waals surface area (Å²) in [6, 6.07) is 2.06. The molecule has 0 radical (unpaired) electrons. The summed E-state index contributed by atoms with van der Waals surface area (Å²) in [5.74, 6) is -2.22. The van der Waals surface area contributed by atoms with Crippen LogP contribution in [0.15, 0.2) is 12.1 Å². The van der Waals surface area contributed by atoms with Crippen molar-refractivity contribution in [1.82, 2.24) is 0 Å². The van der Waals surface area contributed by atoms with E-state index in [-0.39, 0.29) is 10.0 Å². The van der Waals surface area contributed by atoms with Crippen LogP contribution in [0.3, 0.4) is 0 Å². The predicted molar refractivity (Wildman–Crippen MR) is 55.7 cm³/mol. The second-order valence-electron chi connectivity index (χ2n) is 2.92. The van der Waals surface area contributed by atoms with Crippen molar-refractivity contribution in [2.45, 2.75) is 12.7 Å². The molecule has 0 aliphatic heterocycles. The molecule has 2 N–H and O–H groups in total. The van der Waals surface area contributed by atoms with Crippen molar-refractivity contribution in [2.75, 3.05) is 0 Å². The number of rotatable bonds is 4. The summed E-state index contributed by atoms with van der Waals surface area (Å²) < 4.78 is 28.2. The van der Waals surface area contributed by atoms with Crippen molar-refractivity contribution in [3.63, 3.8) is 0 Å². The Bertz CT molecular complexity index is 439. The maximum Gasteiger partial charge on any atom is 0.387 e. The molecule has 0 bridgehead atoms. The van der Waals surface area contributed by atoms with Crippen LogP contribution in [0.5, 0.6) is 5.75 Å². The normalized spacial score (nSPS) is 12.6. The van der Waals surface area contributed by atoms with Gasteiger partial charge in [0, 0.05) is 5.02 Å². The highest BCUT2D eigenvalue weighted by Gasteiger charge is 2.25. The average molecular weight is 287 g/mol. The van der Waals surface area contributed by atoms with Gasteiger partial charge in [0.25, 0.3) is 0 Å². The lowest BCUT2D eigenvalue weighted by Gasteiger charge is -2.15. The summed E-state index contributed by atoms with van der Waals surface area (Å²) in [7, 11) is 0. The highest BCUT2D eigenvalue weighted by Crippen LogP contribution is 2.36. The molecular formula is C9H6Cl2F2O4. The van der Waals surface area contributed by atoms with Gasteiger partial charge in [-0.3, -0.25) is 0 Å². The highest BCUT2D eigenvalue weighted by molar-refractivity contribution is 6.35. The molecule has 0 fully saturated rings. The van der Waals surface area contributed by atoms with Gasteiger partial charge in [-0.25, -0.2) is 4.79 Å². The Labute approximate surface area is 104 Å². The number of aliphatic carboxylic acids is 1. The summed E-state index contributed by atoms with van der Waals surface area (Å²) in [5.41, 5.74) is -0.469. The van der Waals surface area contributed by atoms with Crippen molar-refractivity contribution in [2.24, 2.45) is 0 Å². The van der Waals surface area contributed by atoms with Crippen molar-refractivity contribution in [3.8, 4) is 5.75 Å². The molecule has 1 aromatic carbocycles. The Morgan fingerprint density at radius 1 is 1.35 bits per heavy atom. The minimum atomic E-state index is -3.19. The Hall–Kier alpha value is -1.11. The van der Waals surface area contributed by atoms with Crippen molar-refractivity contribution in [3.05, 3.63) is 27.7 Å². The lowest BCUT2D eigenvalue weighted by molar-refractivity contribution is -0.147. The third-order valence-electron chi connectivity index (χ3n) is 1.78. The minimum absolute atomic E-state index is 0.0213. The first-order valence-corrected chi connectivity index (χ1v) is 4.93. The average Bonchev–Trinajstić information content (AvgIpc) is 2.14. The Morgan fingerprint density at radius 2 is 1.94 bits per heavy atom. The van der Waals surface area contributed by atoms with E-state index < -0.39 is 30.0 Å². The first-order valence-electron chi connectivity index (χ1n) is 4.17. The number of benzene rings is 1. The Kier molecular flexibility index (Phi) is 4.50. The molecule has 94 valence electrons. The van der Waals surface area contributed by atoms with Gasteiger partial charge in [0.15, 0.2) is 6.10 Å². The minimum Gasteiger partial charge on any atom is -0.479 e. The van der Waals surface area contributed by atoms with Gasteiger partial charge in [-0.2, -0.15) is 8.78 Å². The van der Waals surface area contributed by atoms with Gasteiger partial charge in [0.05, 0.1) is 10.6 Å². The fourth-order valence-corrected chi connectivity index (χ4v) is 1.72. The fraction of sp³-hybridized carbons (Fsp3) is 0.222. The van der Waals surface area contributed by atoms with Crippen LogP contribution in [-0.4, -0.2) is 22.8 Å². The highest BCUT2D eigenvalue weighted by atomic mass is 35.5. The first kappa shape index (κ1) is 14.0. The van der Waals surface area contributed by atoms with E-state index in [2.05, 4.69) is 4.74 Å². The molecule has 0 heterocycles. The summed E-state index contributed by atoms with van der Waals surface area (Å²) >= 11 is 11.2. The zero-order chi connectivity index (χ0) is 13.2. The van der Waals surface area contributed by atoms with E-state index in [1.54, 1.807) is 0 Å². The van der Waals surface area contributed by atoms with Gasteiger partial charge in [-0.05, 0) is 12.1 Å². The van der Waals surface area contributed by atoms with Gasteiger partial charge in [0.1, 0.15) is 5.75 Å². The molecule has 1 atom stereocenters. The molecule has 17 heavy (non-hydrogen) atoms. The van der Waals surface area contributed by atoms with Gasteiger partial charge >= 0.3 is 12.6 Å². The number of ether oxygens (including phenoxy) is 1. The zero-order valence-corrected chi connectivity index (χ0v) is 9.54. The van der Waals surface area contributed by atoms with E-state index in [1.807, 2.05) is 0 Å². The maximum absolute atomic E-state index is 12.1. The number of aliphatic hydroxyl groups is 1. The predicted octanol–water partition coefficient (Wildman–Crippen LogP) is 2.71. The fourth-order valence-electron chi connectivity index (χ4n) is 1.14. The van der Waals surface area contributed by atoms with Crippen LogP contribution in [0.2, 0.25) is 10.0 Å². The largest absolute Gasteiger partial charge is 0.479 e. The van der Waals surface area contributed by atoms with Crippen molar-refractivity contribution >= 4 is 29.2 Å². The van der Waals surface area contributed by atoms with E-state index in [4.69, 9.17) is 28.3 Å². The van der Waals surface area contributed by atoms with E-state index in [1.165, 1.54) is 0 Å². The van der Waals surface area contributed by atoms with Gasteiger partial charge in [-0.15, -0.1) is 0 Å². The molecule has 1 rings (SSSR count). The van der Waals surface area contributed by atoms with Crippen LogP contribution >= 0.6 is 23.2 Å². The molecule has 0 saturated carbocycles. The van der Waals surface area contributed by atoms with Gasteiger partial charge in [-0.1, -0.05) is 23.2 Å². The number of carboxylic acids is 1. The van der Waals surface area contributed by atoms with Gasteiger partial charge in [0.2, 0.25) is 0 Å². The second kappa shape index (κ2) is 5.48. The number of alkyl halides is 2. The Balaban J connectivity index is 3.29. The lowest BCUT2D eigenvalue weighted by Crippen LogP contribution is -2.14. The van der Waals surface area contributed by atoms with Crippen LogP contribution < -0.4 is 4.74 Å². The Morgan fingerprint density at radius 3 is 2.41 bits per heavy atom. The zero-order valence-electron chi connectivity index (χ0n) is 8.03. The molecule has 0 unspecified atom stereocenters. The third-order valence-corrected chi connectivity index (χ3v) is 2.31. The molecule has 0 aliphatic rings. The van der Waals surface area contributed by atoms with E-state index >= 15 is 0 Å². The van der Waals surface area contributed by atoms with Crippen LogP contribution in [0.4, 0.5) is 8.78 Å². The van der Waals surface area contributed by atoms with Crippen LogP contribution in [0, 0.1) is 0 Å². The summed E-state index contributed by atoms with van der Waals surface area (Å²) in [6.45, 7) is -3.19. The molecule has 0 amide bonds. The number of carbonyl (C=O) groups is 1. The van der Waals surface area contributed by atoms with E-state index in [0.29, 0.717) is 0 Å². The van der Waals surface area contributed by atoms with Gasteiger partial charge < -0.3 is 14.9 Å². The summed E-state index contributed by atoms with van der Waals surface area (Å²) in [5, 5.41) is 17.6. The number of carboxylic acid groups (broad SMARTS) is 1. The number of halogens is 4. The topological polar surface area (TPSA) is 66.8 Å². The van der Waals surface area contributed by atoms with Crippen molar-refractivity contribution < 1.29 is 28.5 Å². The summed E-state index contributed by atoms with van der Waals surface area (Å²) in [6.07, 6.45) is -2.08. The van der Waals surface area contributed by atoms with Crippen LogP contribution in [-0.2, 0) is 4.79 Å². The van der Waals surface area contributed by atoms with Crippen LogP contribution in [0.25, 0.3) is 0 Å². The molecule has 8 heteroatoms. The third kappa shape index (κ3) is 3.42. The number of hydrogen-bond donors (Lipinski definition) is 2. The van der Waals surface area contributed by atoms with Crippen molar-refractivity contribution in [1.29, 1.82) is 0 Å². The summed E-state index contributed by atoms with van der Waals surface area (Å²) in [4.78, 5) is 10.6.